The molecule has 1 aromatic heterocycles. The van der Waals surface area contributed by atoms with Gasteiger partial charge >= 0.3 is 0 Å². The van der Waals surface area contributed by atoms with Crippen LogP contribution in [0.4, 0.5) is 11.4 Å². The van der Waals surface area contributed by atoms with Gasteiger partial charge in [0, 0.05) is 38.5 Å². The van der Waals surface area contributed by atoms with Gasteiger partial charge in [0.05, 0.1) is 0 Å². The Hall–Kier alpha value is -5.83. The number of hydrogen-bond donors (Lipinski definition) is 3. The molecule has 9 heteroatoms. The monoisotopic (exact) mass is 697 g/mol. The molecule has 0 radical (unpaired) electrons. The second kappa shape index (κ2) is 16.0. The Morgan fingerprint density at radius 3 is 2.04 bits per heavy atom. The number of hydrogen-bond acceptors (Lipinski definition) is 5. The van der Waals surface area contributed by atoms with Crippen molar-refractivity contribution in [3.63, 3.8) is 0 Å². The van der Waals surface area contributed by atoms with Gasteiger partial charge in [0.15, 0.2) is 0 Å². The highest BCUT2D eigenvalue weighted by Gasteiger charge is 2.23. The lowest BCUT2D eigenvalue weighted by atomic mass is 10.1. The van der Waals surface area contributed by atoms with Crippen molar-refractivity contribution in [3.8, 4) is 11.3 Å². The molecular weight excluding hydrogens is 666 g/mol. The lowest BCUT2D eigenvalue weighted by Gasteiger charge is -2.18. The van der Waals surface area contributed by atoms with Crippen LogP contribution in [0.5, 0.6) is 0 Å². The van der Waals surface area contributed by atoms with Crippen LogP contribution >= 0.6 is 23.4 Å². The maximum Gasteiger partial charge on any atom is 0.272 e. The Morgan fingerprint density at radius 1 is 0.720 bits per heavy atom. The summed E-state index contributed by atoms with van der Waals surface area (Å²) < 4.78 is 6.00. The summed E-state index contributed by atoms with van der Waals surface area (Å²) in [6, 6.07) is 43.9. The van der Waals surface area contributed by atoms with Crippen molar-refractivity contribution in [2.45, 2.75) is 17.1 Å². The number of rotatable bonds is 11. The fourth-order valence-corrected chi connectivity index (χ4v) is 6.21. The number of furan rings is 1. The van der Waals surface area contributed by atoms with Crippen LogP contribution in [-0.2, 0) is 9.59 Å². The molecule has 6 rings (SSSR count). The molecule has 0 saturated heterocycles. The van der Waals surface area contributed by atoms with E-state index >= 15 is 0 Å². The molecule has 1 heterocycles. The van der Waals surface area contributed by atoms with E-state index in [2.05, 4.69) is 16.0 Å². The zero-order valence-corrected chi connectivity index (χ0v) is 28.5. The lowest BCUT2D eigenvalue weighted by molar-refractivity contribution is -0.116. The van der Waals surface area contributed by atoms with Gasteiger partial charge in [-0.15, -0.1) is 11.8 Å². The first kappa shape index (κ1) is 34.0. The predicted molar refractivity (Wildman–Crippen MR) is 201 cm³/mol. The van der Waals surface area contributed by atoms with E-state index in [9.17, 15) is 14.4 Å². The van der Waals surface area contributed by atoms with Crippen LogP contribution in [0, 0.1) is 6.92 Å². The van der Waals surface area contributed by atoms with Crippen molar-refractivity contribution < 1.29 is 18.8 Å². The van der Waals surface area contributed by atoms with Crippen molar-refractivity contribution in [2.75, 3.05) is 10.6 Å². The van der Waals surface area contributed by atoms with E-state index in [0.717, 1.165) is 21.6 Å². The smallest absolute Gasteiger partial charge is 0.272 e. The molecule has 0 unspecified atom stereocenters. The SMILES string of the molecule is Cc1ccc(NC(=O)[C@@H](Sc2ccc(NC(=O)/C(=C\c3ccc(-c4ccccc4)o3)NC(=O)c3ccccc3)cc2)c2ccccc2)cc1Cl. The number of nitrogens with one attached hydrogen (secondary N) is 3. The fourth-order valence-electron chi connectivity index (χ4n) is 5.00. The zero-order chi connectivity index (χ0) is 34.9. The Labute approximate surface area is 299 Å². The molecule has 7 nitrogen and oxygen atoms in total. The van der Waals surface area contributed by atoms with Gasteiger partial charge in [-0.3, -0.25) is 14.4 Å². The van der Waals surface area contributed by atoms with Gasteiger partial charge in [0.25, 0.3) is 11.8 Å². The zero-order valence-electron chi connectivity index (χ0n) is 26.9. The first-order valence-corrected chi connectivity index (χ1v) is 17.0. The summed E-state index contributed by atoms with van der Waals surface area (Å²) >= 11 is 7.68. The van der Waals surface area contributed by atoms with E-state index < -0.39 is 17.1 Å². The number of halogens is 1. The van der Waals surface area contributed by atoms with E-state index in [1.165, 1.54) is 17.8 Å². The number of anilines is 2. The third-order valence-corrected chi connectivity index (χ3v) is 9.32. The maximum atomic E-state index is 13.6. The summed E-state index contributed by atoms with van der Waals surface area (Å²) in [5.74, 6) is -0.148. The van der Waals surface area contributed by atoms with Crippen molar-refractivity contribution in [1.82, 2.24) is 5.32 Å². The summed E-state index contributed by atoms with van der Waals surface area (Å²) in [5, 5.41) is 8.61. The third-order valence-electron chi connectivity index (χ3n) is 7.65. The topological polar surface area (TPSA) is 100 Å². The first-order chi connectivity index (χ1) is 24.3. The third kappa shape index (κ3) is 8.79. The number of carbonyl (C=O) groups is 3. The Bertz CT molecular complexity index is 2130. The summed E-state index contributed by atoms with van der Waals surface area (Å²) in [5.41, 5.74) is 4.16. The minimum Gasteiger partial charge on any atom is -0.457 e. The molecule has 0 bridgehead atoms. The molecule has 0 aliphatic rings. The lowest BCUT2D eigenvalue weighted by Crippen LogP contribution is -2.30. The number of carbonyl (C=O) groups excluding carboxylic acids is 3. The second-order valence-corrected chi connectivity index (χ2v) is 12.9. The summed E-state index contributed by atoms with van der Waals surface area (Å²) in [6.07, 6.45) is 1.50. The highest BCUT2D eigenvalue weighted by Crippen LogP contribution is 2.37. The van der Waals surface area contributed by atoms with Gasteiger partial charge in [0.1, 0.15) is 22.5 Å². The summed E-state index contributed by atoms with van der Waals surface area (Å²) in [7, 11) is 0. The number of aryl methyl sites for hydroxylation is 1. The normalized spacial score (nSPS) is 11.8. The first-order valence-electron chi connectivity index (χ1n) is 15.8. The molecule has 50 heavy (non-hydrogen) atoms. The molecule has 3 amide bonds. The minimum absolute atomic E-state index is 0.00304. The highest BCUT2D eigenvalue weighted by atomic mass is 35.5. The van der Waals surface area contributed by atoms with Gasteiger partial charge < -0.3 is 20.4 Å². The van der Waals surface area contributed by atoms with Crippen LogP contribution in [-0.4, -0.2) is 17.7 Å². The largest absolute Gasteiger partial charge is 0.457 e. The number of benzene rings is 5. The van der Waals surface area contributed by atoms with Crippen LogP contribution in [0.25, 0.3) is 17.4 Å². The number of amides is 3. The van der Waals surface area contributed by atoms with Crippen molar-refractivity contribution >= 4 is 58.5 Å². The Kier molecular flexibility index (Phi) is 10.9. The second-order valence-electron chi connectivity index (χ2n) is 11.3. The van der Waals surface area contributed by atoms with Gasteiger partial charge in [-0.2, -0.15) is 0 Å². The maximum absolute atomic E-state index is 13.6. The quantitative estimate of drug-likeness (QED) is 0.0925. The minimum atomic E-state index is -0.562. The van der Waals surface area contributed by atoms with Gasteiger partial charge in [0.2, 0.25) is 5.91 Å². The van der Waals surface area contributed by atoms with Crippen LogP contribution in [0.1, 0.15) is 32.5 Å². The average molecular weight is 698 g/mol. The summed E-state index contributed by atoms with van der Waals surface area (Å²) in [6.45, 7) is 1.90. The van der Waals surface area contributed by atoms with Crippen LogP contribution in [0.3, 0.4) is 0 Å². The average Bonchev–Trinajstić information content (AvgIpc) is 3.62. The van der Waals surface area contributed by atoms with Crippen LogP contribution in [0.15, 0.2) is 161 Å². The molecule has 3 N–H and O–H groups in total. The molecule has 0 aliphatic heterocycles. The van der Waals surface area contributed by atoms with E-state index in [1.54, 1.807) is 48.5 Å². The van der Waals surface area contributed by atoms with Crippen molar-refractivity contribution in [2.24, 2.45) is 0 Å². The highest BCUT2D eigenvalue weighted by molar-refractivity contribution is 8.00. The van der Waals surface area contributed by atoms with Gasteiger partial charge in [-0.1, -0.05) is 96.5 Å². The van der Waals surface area contributed by atoms with Crippen molar-refractivity contribution in [1.29, 1.82) is 0 Å². The fraction of sp³-hybridized carbons (Fsp3) is 0.0488. The Balaban J connectivity index is 1.20. The molecule has 5 aromatic carbocycles. The predicted octanol–water partition coefficient (Wildman–Crippen LogP) is 9.79. The molecule has 1 atom stereocenters. The molecule has 0 fully saturated rings. The van der Waals surface area contributed by atoms with Gasteiger partial charge in [-0.05, 0) is 78.7 Å². The van der Waals surface area contributed by atoms with E-state index in [-0.39, 0.29) is 11.6 Å². The van der Waals surface area contributed by atoms with Crippen LogP contribution < -0.4 is 16.0 Å². The van der Waals surface area contributed by atoms with E-state index in [4.69, 9.17) is 16.0 Å². The van der Waals surface area contributed by atoms with Gasteiger partial charge in [-0.25, -0.2) is 0 Å². The van der Waals surface area contributed by atoms with Crippen LogP contribution in [0.2, 0.25) is 5.02 Å². The van der Waals surface area contributed by atoms with E-state index in [1.807, 2.05) is 104 Å². The molecule has 0 saturated carbocycles. The molecule has 0 spiro atoms. The molecule has 6 aromatic rings. The van der Waals surface area contributed by atoms with E-state index in [0.29, 0.717) is 33.5 Å². The molecular formula is C41H32ClN3O4S. The van der Waals surface area contributed by atoms with Crippen molar-refractivity contribution in [3.05, 3.63) is 179 Å². The standard InChI is InChI=1S/C41H32ClN3O4S/c1-27-17-18-32(25-35(27)42)44-41(48)38(29-13-7-3-8-14-29)50-34-22-19-31(20-23-34)43-40(47)36(45-39(46)30-15-9-4-10-16-30)26-33-21-24-37(49-33)28-11-5-2-6-12-28/h2-26,38H,1H3,(H,43,47)(H,44,48)(H,45,46)/b36-26+/t38-/m0/s1. The summed E-state index contributed by atoms with van der Waals surface area (Å²) in [4.78, 5) is 41.1. The molecule has 0 aliphatic carbocycles. The number of thioether (sulfide) groups is 1. The Morgan fingerprint density at radius 2 is 1.36 bits per heavy atom. The molecule has 248 valence electrons.